The second kappa shape index (κ2) is 10.0. The van der Waals surface area contributed by atoms with E-state index in [2.05, 4.69) is 30.9 Å². The largest absolute Gasteiger partial charge is 0.434 e. The number of halogens is 3. The third-order valence-electron chi connectivity index (χ3n) is 3.50. The molecule has 0 saturated heterocycles. The number of aromatic nitrogens is 2. The van der Waals surface area contributed by atoms with E-state index in [4.69, 9.17) is 0 Å². The van der Waals surface area contributed by atoms with Gasteiger partial charge < -0.3 is 16.0 Å². The van der Waals surface area contributed by atoms with Crippen LogP contribution in [0.4, 0.5) is 19.0 Å². The van der Waals surface area contributed by atoms with Crippen LogP contribution in [0.5, 0.6) is 0 Å². The van der Waals surface area contributed by atoms with Crippen LogP contribution in [0.15, 0.2) is 28.6 Å². The number of carbonyl (C=O) groups is 1. The molecular formula is C17H21F3N6OS. The molecule has 0 radical (unpaired) electrons. The van der Waals surface area contributed by atoms with Crippen LogP contribution in [0.25, 0.3) is 0 Å². The second-order valence-corrected chi connectivity index (χ2v) is 6.71. The molecule has 0 aliphatic carbocycles. The van der Waals surface area contributed by atoms with Crippen molar-refractivity contribution in [3.05, 3.63) is 40.0 Å². The van der Waals surface area contributed by atoms with Gasteiger partial charge in [0.2, 0.25) is 5.91 Å². The highest BCUT2D eigenvalue weighted by Crippen LogP contribution is 2.29. The first-order chi connectivity index (χ1) is 13.3. The van der Waals surface area contributed by atoms with Crippen molar-refractivity contribution >= 4 is 29.0 Å². The molecule has 7 nitrogen and oxygen atoms in total. The van der Waals surface area contributed by atoms with Gasteiger partial charge in [-0.3, -0.25) is 9.79 Å². The minimum atomic E-state index is -4.42. The second-order valence-electron chi connectivity index (χ2n) is 5.76. The molecule has 2 aromatic rings. The molecule has 0 aliphatic heterocycles. The lowest BCUT2D eigenvalue weighted by atomic mass is 10.3. The lowest BCUT2D eigenvalue weighted by Gasteiger charge is -2.11. The number of pyridine rings is 1. The maximum Gasteiger partial charge on any atom is 0.434 e. The fourth-order valence-electron chi connectivity index (χ4n) is 2.18. The average molecular weight is 414 g/mol. The summed E-state index contributed by atoms with van der Waals surface area (Å²) in [7, 11) is 1.57. The molecule has 0 spiro atoms. The predicted molar refractivity (Wildman–Crippen MR) is 102 cm³/mol. The van der Waals surface area contributed by atoms with Gasteiger partial charge in [-0.15, -0.1) is 11.3 Å². The lowest BCUT2D eigenvalue weighted by Crippen LogP contribution is -2.39. The van der Waals surface area contributed by atoms with E-state index < -0.39 is 11.9 Å². The Kier molecular flexibility index (Phi) is 7.73. The summed E-state index contributed by atoms with van der Waals surface area (Å²) in [4.78, 5) is 23.7. The summed E-state index contributed by atoms with van der Waals surface area (Å²) in [5.74, 6) is 0.756. The van der Waals surface area contributed by atoms with Gasteiger partial charge in [-0.1, -0.05) is 6.07 Å². The maximum atomic E-state index is 12.5. The van der Waals surface area contributed by atoms with Crippen LogP contribution < -0.4 is 16.0 Å². The number of amides is 1. The van der Waals surface area contributed by atoms with Crippen LogP contribution in [0, 0.1) is 6.92 Å². The molecule has 0 bridgehead atoms. The third kappa shape index (κ3) is 7.14. The van der Waals surface area contributed by atoms with E-state index in [9.17, 15) is 18.0 Å². The standard InChI is InChI=1S/C17H21F3N6OS/c1-11-4-3-5-13(24-11)26-14(27)6-8-22-16(21-2)23-9-7-15-25-12(10-28-15)17(18,19)20/h3-5,10H,6-9H2,1-2H3,(H2,21,22,23)(H,24,26,27). The van der Waals surface area contributed by atoms with Crippen molar-refractivity contribution in [2.75, 3.05) is 25.5 Å². The SMILES string of the molecule is CN=C(NCCC(=O)Nc1cccc(C)n1)NCCc1nc(C(F)(F)F)cs1. The number of carbonyl (C=O) groups excluding carboxylic acids is 1. The van der Waals surface area contributed by atoms with Gasteiger partial charge in [0.25, 0.3) is 0 Å². The van der Waals surface area contributed by atoms with Gasteiger partial charge in [0.1, 0.15) is 5.82 Å². The molecule has 0 aliphatic rings. The van der Waals surface area contributed by atoms with Crippen LogP contribution in [0.1, 0.15) is 22.8 Å². The Balaban J connectivity index is 1.68. The quantitative estimate of drug-likeness (QED) is 0.479. The summed E-state index contributed by atoms with van der Waals surface area (Å²) in [6.45, 7) is 2.54. The van der Waals surface area contributed by atoms with Crippen LogP contribution in [-0.4, -0.2) is 42.0 Å². The summed E-state index contributed by atoms with van der Waals surface area (Å²) in [5.41, 5.74) is -0.0627. The van der Waals surface area contributed by atoms with Crippen molar-refractivity contribution in [3.63, 3.8) is 0 Å². The number of aryl methyl sites for hydroxylation is 1. The van der Waals surface area contributed by atoms with Gasteiger partial charge in [-0.05, 0) is 19.1 Å². The smallest absolute Gasteiger partial charge is 0.356 e. The molecule has 2 rings (SSSR count). The Hall–Kier alpha value is -2.69. The Bertz CT molecular complexity index is 821. The monoisotopic (exact) mass is 414 g/mol. The van der Waals surface area contributed by atoms with Crippen molar-refractivity contribution in [1.82, 2.24) is 20.6 Å². The van der Waals surface area contributed by atoms with E-state index in [1.165, 1.54) is 0 Å². The molecule has 152 valence electrons. The van der Waals surface area contributed by atoms with Crippen molar-refractivity contribution in [1.29, 1.82) is 0 Å². The molecule has 0 atom stereocenters. The fraction of sp³-hybridized carbons (Fsp3) is 0.412. The molecule has 1 amide bonds. The molecule has 28 heavy (non-hydrogen) atoms. The normalized spacial score (nSPS) is 12.0. The van der Waals surface area contributed by atoms with Crippen LogP contribution in [-0.2, 0) is 17.4 Å². The van der Waals surface area contributed by atoms with Gasteiger partial charge in [0.15, 0.2) is 11.7 Å². The molecule has 11 heteroatoms. The zero-order valence-corrected chi connectivity index (χ0v) is 16.2. The van der Waals surface area contributed by atoms with E-state index in [0.717, 1.165) is 22.4 Å². The summed E-state index contributed by atoms with van der Waals surface area (Å²) in [6.07, 6.45) is -3.88. The predicted octanol–water partition coefficient (Wildman–Crippen LogP) is 2.60. The van der Waals surface area contributed by atoms with E-state index in [1.807, 2.05) is 19.1 Å². The number of nitrogens with one attached hydrogen (secondary N) is 3. The summed E-state index contributed by atoms with van der Waals surface area (Å²) >= 11 is 0.969. The maximum absolute atomic E-state index is 12.5. The number of thiazole rings is 1. The Morgan fingerprint density at radius 2 is 1.96 bits per heavy atom. The van der Waals surface area contributed by atoms with Crippen LogP contribution >= 0.6 is 11.3 Å². The minimum Gasteiger partial charge on any atom is -0.356 e. The number of hydrogen-bond donors (Lipinski definition) is 3. The summed E-state index contributed by atoms with van der Waals surface area (Å²) < 4.78 is 37.6. The Morgan fingerprint density at radius 1 is 1.21 bits per heavy atom. The number of guanidine groups is 1. The topological polar surface area (TPSA) is 91.3 Å². The van der Waals surface area contributed by atoms with Crippen LogP contribution in [0.2, 0.25) is 0 Å². The van der Waals surface area contributed by atoms with Crippen LogP contribution in [0.3, 0.4) is 0 Å². The highest BCUT2D eigenvalue weighted by atomic mass is 32.1. The molecule has 2 heterocycles. The molecule has 0 aromatic carbocycles. The average Bonchev–Trinajstić information content (AvgIpc) is 3.09. The number of rotatable bonds is 7. The number of anilines is 1. The van der Waals surface area contributed by atoms with Gasteiger partial charge in [0, 0.05) is 44.1 Å². The highest BCUT2D eigenvalue weighted by molar-refractivity contribution is 7.09. The third-order valence-corrected chi connectivity index (χ3v) is 4.41. The first-order valence-corrected chi connectivity index (χ1v) is 9.35. The first kappa shape index (κ1) is 21.6. The first-order valence-electron chi connectivity index (χ1n) is 8.47. The van der Waals surface area contributed by atoms with Gasteiger partial charge in [0.05, 0.1) is 5.01 Å². The van der Waals surface area contributed by atoms with E-state index in [-0.39, 0.29) is 12.3 Å². The molecule has 0 saturated carbocycles. The van der Waals surface area contributed by atoms with E-state index in [1.54, 1.807) is 13.1 Å². The molecule has 0 fully saturated rings. The van der Waals surface area contributed by atoms with Crippen molar-refractivity contribution < 1.29 is 18.0 Å². The molecule has 3 N–H and O–H groups in total. The zero-order chi connectivity index (χ0) is 20.6. The van der Waals surface area contributed by atoms with Gasteiger partial charge in [-0.2, -0.15) is 13.2 Å². The van der Waals surface area contributed by atoms with Crippen molar-refractivity contribution in [3.8, 4) is 0 Å². The van der Waals surface area contributed by atoms with Gasteiger partial charge in [-0.25, -0.2) is 9.97 Å². The summed E-state index contributed by atoms with van der Waals surface area (Å²) in [6, 6.07) is 5.35. The van der Waals surface area contributed by atoms with E-state index >= 15 is 0 Å². The Morgan fingerprint density at radius 3 is 2.61 bits per heavy atom. The number of hydrogen-bond acceptors (Lipinski definition) is 5. The minimum absolute atomic E-state index is 0.191. The lowest BCUT2D eigenvalue weighted by molar-refractivity contribution is -0.140. The number of aliphatic imine (C=N–C) groups is 1. The molecular weight excluding hydrogens is 393 g/mol. The Labute approximate surface area is 164 Å². The molecule has 2 aromatic heterocycles. The zero-order valence-electron chi connectivity index (χ0n) is 15.4. The fourth-order valence-corrected chi connectivity index (χ4v) is 2.98. The number of alkyl halides is 3. The summed E-state index contributed by atoms with van der Waals surface area (Å²) in [5, 5.41) is 10.0. The van der Waals surface area contributed by atoms with Gasteiger partial charge >= 0.3 is 6.18 Å². The number of nitrogens with zero attached hydrogens (tertiary/aromatic N) is 3. The molecule has 0 unspecified atom stereocenters. The highest BCUT2D eigenvalue weighted by Gasteiger charge is 2.33. The van der Waals surface area contributed by atoms with E-state index in [0.29, 0.717) is 36.3 Å². The van der Waals surface area contributed by atoms with Crippen molar-refractivity contribution in [2.24, 2.45) is 4.99 Å². The van der Waals surface area contributed by atoms with Crippen molar-refractivity contribution in [2.45, 2.75) is 25.9 Å².